The van der Waals surface area contributed by atoms with E-state index in [2.05, 4.69) is 20.6 Å². The van der Waals surface area contributed by atoms with Crippen LogP contribution in [-0.2, 0) is 4.79 Å². The van der Waals surface area contributed by atoms with Gasteiger partial charge in [-0.2, -0.15) is 0 Å². The van der Waals surface area contributed by atoms with Crippen LogP contribution in [0.15, 0.2) is 18.6 Å². The Morgan fingerprint density at radius 3 is 2.59 bits per heavy atom. The molecule has 0 unspecified atom stereocenters. The summed E-state index contributed by atoms with van der Waals surface area (Å²) in [5, 5.41) is 5.85. The van der Waals surface area contributed by atoms with Gasteiger partial charge >= 0.3 is 0 Å². The van der Waals surface area contributed by atoms with Crippen molar-refractivity contribution in [1.29, 1.82) is 0 Å². The average Bonchev–Trinajstić information content (AvgIpc) is 2.81. The minimum atomic E-state index is -0.253. The molecule has 6 heteroatoms. The quantitative estimate of drug-likeness (QED) is 0.620. The third-order valence-corrected chi connectivity index (χ3v) is 3.88. The van der Waals surface area contributed by atoms with E-state index in [1.54, 1.807) is 0 Å². The molecule has 0 atom stereocenters. The van der Waals surface area contributed by atoms with Gasteiger partial charge in [0.25, 0.3) is 5.91 Å². The van der Waals surface area contributed by atoms with E-state index in [4.69, 9.17) is 0 Å². The van der Waals surface area contributed by atoms with Gasteiger partial charge in [0.1, 0.15) is 5.69 Å². The van der Waals surface area contributed by atoms with Crippen LogP contribution >= 0.6 is 0 Å². The fourth-order valence-corrected chi connectivity index (χ4v) is 2.68. The fraction of sp³-hybridized carbons (Fsp3) is 0.625. The second kappa shape index (κ2) is 9.12. The number of rotatable bonds is 6. The summed E-state index contributed by atoms with van der Waals surface area (Å²) < 4.78 is 0. The first-order valence-corrected chi connectivity index (χ1v) is 8.09. The highest BCUT2D eigenvalue weighted by Gasteiger charge is 2.14. The maximum absolute atomic E-state index is 11.9. The van der Waals surface area contributed by atoms with Crippen molar-refractivity contribution in [3.05, 3.63) is 24.3 Å². The normalized spacial score (nSPS) is 15.8. The monoisotopic (exact) mass is 304 g/mol. The minimum absolute atomic E-state index is 0.0839. The second-order valence-corrected chi connectivity index (χ2v) is 5.71. The molecule has 1 aliphatic carbocycles. The molecule has 2 rings (SSSR count). The number of hydrogen-bond donors (Lipinski definition) is 2. The van der Waals surface area contributed by atoms with E-state index in [1.165, 1.54) is 44.3 Å². The number of carbonyl (C=O) groups excluding carboxylic acids is 2. The lowest BCUT2D eigenvalue weighted by Gasteiger charge is -2.16. The summed E-state index contributed by atoms with van der Waals surface area (Å²) in [6.07, 6.45) is 12.7. The van der Waals surface area contributed by atoms with Gasteiger partial charge in [-0.05, 0) is 19.3 Å². The Kier molecular flexibility index (Phi) is 6.80. The van der Waals surface area contributed by atoms with Crippen LogP contribution in [-0.4, -0.2) is 34.4 Å². The van der Waals surface area contributed by atoms with Crippen molar-refractivity contribution in [1.82, 2.24) is 20.6 Å². The van der Waals surface area contributed by atoms with Crippen molar-refractivity contribution in [3.8, 4) is 0 Å². The molecule has 1 aromatic heterocycles. The molecule has 1 aromatic rings. The molecule has 0 bridgehead atoms. The highest BCUT2D eigenvalue weighted by Crippen LogP contribution is 2.17. The van der Waals surface area contributed by atoms with E-state index in [1.807, 2.05) is 0 Å². The molecule has 0 spiro atoms. The summed E-state index contributed by atoms with van der Waals surface area (Å²) in [4.78, 5) is 31.4. The van der Waals surface area contributed by atoms with E-state index < -0.39 is 0 Å². The Labute approximate surface area is 131 Å². The van der Waals surface area contributed by atoms with Gasteiger partial charge in [-0.3, -0.25) is 14.6 Å². The van der Waals surface area contributed by atoms with Crippen molar-refractivity contribution in [2.24, 2.45) is 0 Å². The standard InChI is InChI=1S/C16H24N4O2/c21-15(20-13-6-3-1-2-4-7-13)8-5-9-19-16(22)14-12-17-10-11-18-14/h10-13H,1-9H2,(H,19,22)(H,20,21). The number of nitrogens with one attached hydrogen (secondary N) is 2. The van der Waals surface area contributed by atoms with Crippen molar-refractivity contribution in [3.63, 3.8) is 0 Å². The first-order valence-electron chi connectivity index (χ1n) is 8.09. The molecule has 2 amide bonds. The van der Waals surface area contributed by atoms with Crippen LogP contribution in [0.2, 0.25) is 0 Å². The molecule has 1 fully saturated rings. The Morgan fingerprint density at radius 1 is 1.14 bits per heavy atom. The van der Waals surface area contributed by atoms with Gasteiger partial charge in [0, 0.05) is 31.4 Å². The van der Waals surface area contributed by atoms with Crippen LogP contribution in [0.3, 0.4) is 0 Å². The second-order valence-electron chi connectivity index (χ2n) is 5.71. The summed E-state index contributed by atoms with van der Waals surface area (Å²) in [5.74, 6) is -0.169. The third-order valence-electron chi connectivity index (χ3n) is 3.88. The molecular formula is C16H24N4O2. The van der Waals surface area contributed by atoms with E-state index in [0.717, 1.165) is 12.8 Å². The number of nitrogens with zero attached hydrogens (tertiary/aromatic N) is 2. The average molecular weight is 304 g/mol. The molecule has 2 N–H and O–H groups in total. The zero-order valence-electron chi connectivity index (χ0n) is 12.9. The van der Waals surface area contributed by atoms with Crippen molar-refractivity contribution in [2.75, 3.05) is 6.54 Å². The topological polar surface area (TPSA) is 84.0 Å². The SMILES string of the molecule is O=C(CCCNC(=O)c1cnccn1)NC1CCCCCC1. The predicted octanol–water partition coefficient (Wildman–Crippen LogP) is 1.83. The van der Waals surface area contributed by atoms with E-state index >= 15 is 0 Å². The van der Waals surface area contributed by atoms with Crippen molar-refractivity contribution < 1.29 is 9.59 Å². The van der Waals surface area contributed by atoms with Crippen LogP contribution in [0.5, 0.6) is 0 Å². The molecule has 0 aliphatic heterocycles. The molecule has 1 saturated carbocycles. The molecule has 120 valence electrons. The number of carbonyl (C=O) groups is 2. The maximum atomic E-state index is 11.9. The zero-order valence-corrected chi connectivity index (χ0v) is 12.9. The Morgan fingerprint density at radius 2 is 1.91 bits per heavy atom. The lowest BCUT2D eigenvalue weighted by atomic mass is 10.1. The lowest BCUT2D eigenvalue weighted by Crippen LogP contribution is -2.35. The number of hydrogen-bond acceptors (Lipinski definition) is 4. The largest absolute Gasteiger partial charge is 0.353 e. The Hall–Kier alpha value is -1.98. The molecule has 1 heterocycles. The minimum Gasteiger partial charge on any atom is -0.353 e. The van der Waals surface area contributed by atoms with E-state index in [0.29, 0.717) is 31.1 Å². The molecule has 0 saturated heterocycles. The first kappa shape index (κ1) is 16.4. The molecule has 0 aromatic carbocycles. The Balaban J connectivity index is 1.59. The highest BCUT2D eigenvalue weighted by atomic mass is 16.2. The van der Waals surface area contributed by atoms with E-state index in [9.17, 15) is 9.59 Å². The molecule has 1 aliphatic rings. The summed E-state index contributed by atoms with van der Waals surface area (Å²) in [6.45, 7) is 0.466. The smallest absolute Gasteiger partial charge is 0.271 e. The van der Waals surface area contributed by atoms with Crippen molar-refractivity contribution in [2.45, 2.75) is 57.4 Å². The highest BCUT2D eigenvalue weighted by molar-refractivity contribution is 5.91. The Bertz CT molecular complexity index is 470. The molecular weight excluding hydrogens is 280 g/mol. The summed E-state index contributed by atoms with van der Waals surface area (Å²) >= 11 is 0. The van der Waals surface area contributed by atoms with Gasteiger partial charge in [-0.25, -0.2) is 4.98 Å². The van der Waals surface area contributed by atoms with Gasteiger partial charge in [0.15, 0.2) is 0 Å². The third kappa shape index (κ3) is 5.79. The van der Waals surface area contributed by atoms with Crippen LogP contribution < -0.4 is 10.6 Å². The van der Waals surface area contributed by atoms with Crippen LogP contribution in [0, 0.1) is 0 Å². The summed E-state index contributed by atoms with van der Waals surface area (Å²) in [6, 6.07) is 0.337. The van der Waals surface area contributed by atoms with Crippen molar-refractivity contribution >= 4 is 11.8 Å². The van der Waals surface area contributed by atoms with Gasteiger partial charge in [0.2, 0.25) is 5.91 Å². The van der Waals surface area contributed by atoms with Crippen LogP contribution in [0.4, 0.5) is 0 Å². The number of amides is 2. The van der Waals surface area contributed by atoms with Gasteiger partial charge in [0.05, 0.1) is 6.20 Å². The number of aromatic nitrogens is 2. The summed E-state index contributed by atoms with van der Waals surface area (Å²) in [5.41, 5.74) is 0.297. The van der Waals surface area contributed by atoms with Gasteiger partial charge in [-0.1, -0.05) is 25.7 Å². The molecule has 0 radical (unpaired) electrons. The first-order chi connectivity index (χ1) is 10.8. The van der Waals surface area contributed by atoms with Crippen LogP contribution in [0.25, 0.3) is 0 Å². The maximum Gasteiger partial charge on any atom is 0.271 e. The van der Waals surface area contributed by atoms with Gasteiger partial charge in [-0.15, -0.1) is 0 Å². The lowest BCUT2D eigenvalue weighted by molar-refractivity contribution is -0.121. The van der Waals surface area contributed by atoms with Gasteiger partial charge < -0.3 is 10.6 Å². The zero-order chi connectivity index (χ0) is 15.6. The fourth-order valence-electron chi connectivity index (χ4n) is 2.68. The van der Waals surface area contributed by atoms with E-state index in [-0.39, 0.29) is 11.8 Å². The predicted molar refractivity (Wildman–Crippen MR) is 83.2 cm³/mol. The summed E-state index contributed by atoms with van der Waals surface area (Å²) in [7, 11) is 0. The molecule has 22 heavy (non-hydrogen) atoms. The molecule has 6 nitrogen and oxygen atoms in total. The van der Waals surface area contributed by atoms with Crippen LogP contribution in [0.1, 0.15) is 61.9 Å².